The monoisotopic (exact) mass is 301 g/mol. The third-order valence-electron chi connectivity index (χ3n) is 3.20. The smallest absolute Gasteiger partial charge is 0.303 e. The van der Waals surface area contributed by atoms with Gasteiger partial charge in [-0.2, -0.15) is 0 Å². The third-order valence-corrected chi connectivity index (χ3v) is 3.20. The zero-order valence-electron chi connectivity index (χ0n) is 12.3. The van der Waals surface area contributed by atoms with Gasteiger partial charge in [-0.25, -0.2) is 0 Å². The summed E-state index contributed by atoms with van der Waals surface area (Å²) in [6, 6.07) is -1.80. The van der Waals surface area contributed by atoms with Crippen molar-refractivity contribution in [2.45, 2.75) is 45.2 Å². The fourth-order valence-corrected chi connectivity index (χ4v) is 1.58. The number of aldehydes is 1. The molecule has 0 fully saturated rings. The molecule has 0 aromatic rings. The first kappa shape index (κ1) is 19.0. The Labute approximate surface area is 123 Å². The molecule has 0 saturated heterocycles. The zero-order chi connectivity index (χ0) is 16.4. The van der Waals surface area contributed by atoms with Crippen molar-refractivity contribution in [2.75, 3.05) is 6.54 Å². The standard InChI is InChI=1S/C13H23N3O5/c1-3-8(2)11(14)13(21)16-9(4-5-10(18)19)12(20)15-6-7-17/h7-9,11H,3-6,14H2,1-2H3,(H,15,20)(H,16,21)(H,18,19)/t8-,9-,11-/m0/s1. The molecule has 0 aliphatic heterocycles. The van der Waals surface area contributed by atoms with Crippen molar-refractivity contribution in [3.63, 3.8) is 0 Å². The normalized spacial score (nSPS) is 14.6. The Morgan fingerprint density at radius 1 is 1.29 bits per heavy atom. The van der Waals surface area contributed by atoms with E-state index in [2.05, 4.69) is 10.6 Å². The van der Waals surface area contributed by atoms with Gasteiger partial charge in [0, 0.05) is 6.42 Å². The van der Waals surface area contributed by atoms with Gasteiger partial charge in [0.2, 0.25) is 11.8 Å². The van der Waals surface area contributed by atoms with Crippen LogP contribution in [0.2, 0.25) is 0 Å². The Hall–Kier alpha value is -1.96. The van der Waals surface area contributed by atoms with Gasteiger partial charge in [-0.15, -0.1) is 0 Å². The lowest BCUT2D eigenvalue weighted by molar-refractivity contribution is -0.138. The molecular formula is C13H23N3O5. The molecule has 0 spiro atoms. The van der Waals surface area contributed by atoms with E-state index < -0.39 is 29.9 Å². The second-order valence-corrected chi connectivity index (χ2v) is 4.82. The number of hydrogen-bond acceptors (Lipinski definition) is 5. The molecule has 0 aliphatic rings. The predicted octanol–water partition coefficient (Wildman–Crippen LogP) is -0.975. The van der Waals surface area contributed by atoms with Crippen LogP contribution in [0, 0.1) is 5.92 Å². The molecule has 0 aromatic carbocycles. The van der Waals surface area contributed by atoms with Crippen LogP contribution in [0.3, 0.4) is 0 Å². The summed E-state index contributed by atoms with van der Waals surface area (Å²) in [6.45, 7) is 3.50. The summed E-state index contributed by atoms with van der Waals surface area (Å²) in [6.07, 6.45) is 0.849. The summed E-state index contributed by atoms with van der Waals surface area (Å²) in [7, 11) is 0. The minimum absolute atomic E-state index is 0.0665. The molecule has 8 nitrogen and oxygen atoms in total. The first-order valence-corrected chi connectivity index (χ1v) is 6.82. The third kappa shape index (κ3) is 7.40. The van der Waals surface area contributed by atoms with E-state index in [-0.39, 0.29) is 25.3 Å². The maximum absolute atomic E-state index is 11.9. The Kier molecular flexibility index (Phi) is 8.95. The molecule has 120 valence electrons. The van der Waals surface area contributed by atoms with Crippen molar-refractivity contribution in [3.05, 3.63) is 0 Å². The highest BCUT2D eigenvalue weighted by Crippen LogP contribution is 2.06. The SMILES string of the molecule is CC[C@H](C)[C@H](N)C(=O)N[C@@H](CCC(=O)O)C(=O)NCC=O. The molecule has 0 unspecified atom stereocenters. The molecule has 0 saturated carbocycles. The number of nitrogens with one attached hydrogen (secondary N) is 2. The Bertz CT molecular complexity index is 386. The van der Waals surface area contributed by atoms with Crippen LogP contribution in [-0.4, -0.2) is 47.8 Å². The van der Waals surface area contributed by atoms with Crippen molar-refractivity contribution in [1.29, 1.82) is 0 Å². The maximum Gasteiger partial charge on any atom is 0.303 e. The van der Waals surface area contributed by atoms with Crippen LogP contribution in [0.4, 0.5) is 0 Å². The molecule has 2 amide bonds. The van der Waals surface area contributed by atoms with Gasteiger partial charge in [-0.3, -0.25) is 14.4 Å². The Morgan fingerprint density at radius 3 is 2.38 bits per heavy atom. The van der Waals surface area contributed by atoms with E-state index in [0.717, 1.165) is 0 Å². The van der Waals surface area contributed by atoms with E-state index >= 15 is 0 Å². The van der Waals surface area contributed by atoms with Gasteiger partial charge in [0.25, 0.3) is 0 Å². The molecule has 5 N–H and O–H groups in total. The first-order valence-electron chi connectivity index (χ1n) is 6.82. The number of nitrogens with two attached hydrogens (primary N) is 1. The largest absolute Gasteiger partial charge is 0.481 e. The lowest BCUT2D eigenvalue weighted by Gasteiger charge is -2.22. The molecule has 0 heterocycles. The first-order chi connectivity index (χ1) is 9.83. The van der Waals surface area contributed by atoms with E-state index in [1.807, 2.05) is 13.8 Å². The summed E-state index contributed by atoms with van der Waals surface area (Å²) in [5.74, 6) is -2.26. The average Bonchev–Trinajstić information content (AvgIpc) is 2.46. The predicted molar refractivity (Wildman–Crippen MR) is 75.3 cm³/mol. The minimum atomic E-state index is -1.08. The highest BCUT2D eigenvalue weighted by molar-refractivity contribution is 5.90. The second kappa shape index (κ2) is 9.87. The highest BCUT2D eigenvalue weighted by atomic mass is 16.4. The molecule has 0 bridgehead atoms. The molecule has 21 heavy (non-hydrogen) atoms. The summed E-state index contributed by atoms with van der Waals surface area (Å²) in [4.78, 5) is 44.6. The van der Waals surface area contributed by atoms with E-state index in [1.165, 1.54) is 0 Å². The molecule has 0 aromatic heterocycles. The van der Waals surface area contributed by atoms with E-state index in [1.54, 1.807) is 0 Å². The van der Waals surface area contributed by atoms with Gasteiger partial charge in [0.05, 0.1) is 12.6 Å². The van der Waals surface area contributed by atoms with Gasteiger partial charge >= 0.3 is 5.97 Å². The van der Waals surface area contributed by atoms with Crippen LogP contribution in [0.25, 0.3) is 0 Å². The summed E-state index contributed by atoms with van der Waals surface area (Å²) < 4.78 is 0. The average molecular weight is 301 g/mol. The number of carbonyl (C=O) groups is 4. The van der Waals surface area contributed by atoms with Crippen LogP contribution in [0.5, 0.6) is 0 Å². The molecule has 0 radical (unpaired) electrons. The maximum atomic E-state index is 11.9. The Morgan fingerprint density at radius 2 is 1.90 bits per heavy atom. The minimum Gasteiger partial charge on any atom is -0.481 e. The van der Waals surface area contributed by atoms with Crippen molar-refractivity contribution < 1.29 is 24.3 Å². The lowest BCUT2D eigenvalue weighted by atomic mass is 9.98. The number of hydrogen-bond donors (Lipinski definition) is 4. The van der Waals surface area contributed by atoms with Crippen LogP contribution in [-0.2, 0) is 19.2 Å². The number of carboxylic acids is 1. The van der Waals surface area contributed by atoms with Crippen LogP contribution < -0.4 is 16.4 Å². The second-order valence-electron chi connectivity index (χ2n) is 4.82. The topological polar surface area (TPSA) is 139 Å². The number of aliphatic carboxylic acids is 1. The number of amides is 2. The van der Waals surface area contributed by atoms with Crippen molar-refractivity contribution >= 4 is 24.1 Å². The summed E-state index contributed by atoms with van der Waals surface area (Å²) in [5.41, 5.74) is 5.76. The van der Waals surface area contributed by atoms with E-state index in [9.17, 15) is 19.2 Å². The zero-order valence-corrected chi connectivity index (χ0v) is 12.3. The molecular weight excluding hydrogens is 278 g/mol. The molecule has 8 heteroatoms. The van der Waals surface area contributed by atoms with Crippen LogP contribution in [0.15, 0.2) is 0 Å². The van der Waals surface area contributed by atoms with Gasteiger partial charge in [0.15, 0.2) is 0 Å². The number of carboxylic acid groups (broad SMARTS) is 1. The van der Waals surface area contributed by atoms with Gasteiger partial charge in [-0.1, -0.05) is 20.3 Å². The van der Waals surface area contributed by atoms with Gasteiger partial charge < -0.3 is 26.3 Å². The summed E-state index contributed by atoms with van der Waals surface area (Å²) in [5, 5.41) is 13.4. The molecule has 0 rings (SSSR count). The van der Waals surface area contributed by atoms with E-state index in [0.29, 0.717) is 12.7 Å². The van der Waals surface area contributed by atoms with Gasteiger partial charge in [0.1, 0.15) is 12.3 Å². The quantitative estimate of drug-likeness (QED) is 0.383. The van der Waals surface area contributed by atoms with Crippen molar-refractivity contribution in [1.82, 2.24) is 10.6 Å². The number of rotatable bonds is 10. The van der Waals surface area contributed by atoms with Gasteiger partial charge in [-0.05, 0) is 12.3 Å². The molecule has 0 aliphatic carbocycles. The lowest BCUT2D eigenvalue weighted by Crippen LogP contribution is -2.53. The van der Waals surface area contributed by atoms with E-state index in [4.69, 9.17) is 10.8 Å². The number of carbonyl (C=O) groups excluding carboxylic acids is 3. The van der Waals surface area contributed by atoms with Crippen molar-refractivity contribution in [3.8, 4) is 0 Å². The summed E-state index contributed by atoms with van der Waals surface area (Å²) >= 11 is 0. The van der Waals surface area contributed by atoms with Crippen molar-refractivity contribution in [2.24, 2.45) is 11.7 Å². The van der Waals surface area contributed by atoms with Crippen LogP contribution >= 0.6 is 0 Å². The fraction of sp³-hybridized carbons (Fsp3) is 0.692. The van der Waals surface area contributed by atoms with Crippen LogP contribution in [0.1, 0.15) is 33.1 Å². The fourth-order valence-electron chi connectivity index (χ4n) is 1.58. The Balaban J connectivity index is 4.71. The highest BCUT2D eigenvalue weighted by Gasteiger charge is 2.26. The molecule has 3 atom stereocenters.